The Labute approximate surface area is 347 Å². The van der Waals surface area contributed by atoms with Crippen molar-refractivity contribution in [2.45, 2.75) is 70.6 Å². The molecule has 5 aromatic carbocycles. The maximum atomic E-state index is 15.2. The van der Waals surface area contributed by atoms with Crippen molar-refractivity contribution in [3.05, 3.63) is 114 Å². The number of ketones is 1. The molecule has 1 aliphatic rings. The van der Waals surface area contributed by atoms with Gasteiger partial charge in [0.1, 0.15) is 17.2 Å². The quantitative estimate of drug-likeness (QED) is 0.106. The smallest absolute Gasteiger partial charge is 0.274 e. The molecular formula is C48H54N2O8Si. The number of carbonyl (C=O) groups excluding carboxylic acids is 2. The maximum absolute atomic E-state index is 15.2. The summed E-state index contributed by atoms with van der Waals surface area (Å²) in [6, 6.07) is 34.7. The Kier molecular flexibility index (Phi) is 11.7. The van der Waals surface area contributed by atoms with Crippen molar-refractivity contribution in [2.75, 3.05) is 39.4 Å². The van der Waals surface area contributed by atoms with Gasteiger partial charge in [-0.05, 0) is 52.3 Å². The minimum Gasteiger partial charge on any atom is -0.493 e. The van der Waals surface area contributed by atoms with Gasteiger partial charge < -0.3 is 38.4 Å². The van der Waals surface area contributed by atoms with Crippen LogP contribution in [0, 0.1) is 0 Å². The summed E-state index contributed by atoms with van der Waals surface area (Å²) in [5.74, 6) is 1.55. The number of aromatic amines is 1. The van der Waals surface area contributed by atoms with Crippen LogP contribution in [0.4, 0.5) is 5.69 Å². The van der Waals surface area contributed by atoms with Crippen molar-refractivity contribution in [1.29, 1.82) is 0 Å². The molecule has 0 saturated heterocycles. The Hall–Kier alpha value is -5.62. The number of nitrogens with zero attached hydrogens (tertiary/aromatic N) is 1. The first-order valence-corrected chi connectivity index (χ1v) is 21.9. The molecule has 0 bridgehead atoms. The third-order valence-electron chi connectivity index (χ3n) is 11.4. The first-order valence-electron chi connectivity index (χ1n) is 20.0. The number of hydrogen-bond donors (Lipinski definition) is 2. The molecule has 2 heterocycles. The third-order valence-corrected chi connectivity index (χ3v) is 16.5. The Morgan fingerprint density at radius 3 is 1.98 bits per heavy atom. The van der Waals surface area contributed by atoms with Gasteiger partial charge in [-0.15, -0.1) is 0 Å². The van der Waals surface area contributed by atoms with Gasteiger partial charge in [-0.25, -0.2) is 0 Å². The zero-order valence-electron chi connectivity index (χ0n) is 35.2. The number of rotatable bonds is 14. The maximum Gasteiger partial charge on any atom is 0.274 e. The highest BCUT2D eigenvalue weighted by atomic mass is 28.4. The lowest BCUT2D eigenvalue weighted by atomic mass is 9.92. The van der Waals surface area contributed by atoms with Gasteiger partial charge in [0.2, 0.25) is 5.75 Å². The predicted octanol–water partition coefficient (Wildman–Crippen LogP) is 7.99. The topological polar surface area (TPSA) is 120 Å². The van der Waals surface area contributed by atoms with E-state index in [1.165, 1.54) is 6.92 Å². The molecule has 11 heteroatoms. The fourth-order valence-corrected chi connectivity index (χ4v) is 13.5. The molecular weight excluding hydrogens is 761 g/mol. The molecule has 308 valence electrons. The zero-order chi connectivity index (χ0) is 42.1. The van der Waals surface area contributed by atoms with E-state index in [9.17, 15) is 9.90 Å². The number of fused-ring (bicyclic) bond motifs is 4. The van der Waals surface area contributed by atoms with E-state index in [4.69, 9.17) is 23.4 Å². The summed E-state index contributed by atoms with van der Waals surface area (Å²) >= 11 is 0. The first-order chi connectivity index (χ1) is 28.2. The Bertz CT molecular complexity index is 2440. The van der Waals surface area contributed by atoms with Crippen LogP contribution in [-0.4, -0.2) is 76.3 Å². The molecule has 2 atom stereocenters. The van der Waals surface area contributed by atoms with E-state index in [0.717, 1.165) is 32.1 Å². The minimum absolute atomic E-state index is 0.0311. The Morgan fingerprint density at radius 1 is 0.797 bits per heavy atom. The molecule has 59 heavy (non-hydrogen) atoms. The SMILES string of the molecule is COc1cc2cc(C(=O)N3CC(O[Si](c4ccccc4)(c4ccccc4)C(C)(C)C)Cc4c3cc(OCCC(C)(O)CC(C)=O)c3ccccc43)[nH]c2c(OC)c1OC. The van der Waals surface area contributed by atoms with Gasteiger partial charge in [-0.1, -0.05) is 106 Å². The molecule has 10 nitrogen and oxygen atoms in total. The fourth-order valence-electron chi connectivity index (χ4n) is 8.78. The molecule has 2 unspecified atom stereocenters. The number of anilines is 1. The lowest BCUT2D eigenvalue weighted by Crippen LogP contribution is -2.68. The van der Waals surface area contributed by atoms with Crippen LogP contribution in [0.25, 0.3) is 21.7 Å². The van der Waals surface area contributed by atoms with Crippen LogP contribution in [0.5, 0.6) is 23.0 Å². The number of hydrogen-bond acceptors (Lipinski definition) is 8. The van der Waals surface area contributed by atoms with Crippen molar-refractivity contribution < 1.29 is 38.1 Å². The van der Waals surface area contributed by atoms with E-state index in [2.05, 4.69) is 80.4 Å². The number of aliphatic hydroxyl groups is 1. The molecule has 0 aliphatic carbocycles. The zero-order valence-corrected chi connectivity index (χ0v) is 36.2. The van der Waals surface area contributed by atoms with E-state index in [-0.39, 0.29) is 42.7 Å². The van der Waals surface area contributed by atoms with Crippen LogP contribution in [0.15, 0.2) is 103 Å². The van der Waals surface area contributed by atoms with Crippen LogP contribution in [0.2, 0.25) is 5.04 Å². The normalized spacial score (nSPS) is 15.4. The minimum atomic E-state index is -3.05. The third kappa shape index (κ3) is 7.94. The number of Topliss-reactive ketones (excluding diaryl/α,β-unsaturated/α-hetero) is 1. The van der Waals surface area contributed by atoms with Crippen molar-refractivity contribution in [2.24, 2.45) is 0 Å². The van der Waals surface area contributed by atoms with Crippen molar-refractivity contribution in [3.8, 4) is 23.0 Å². The van der Waals surface area contributed by atoms with Crippen molar-refractivity contribution >= 4 is 57.7 Å². The number of nitrogens with one attached hydrogen (secondary N) is 1. The van der Waals surface area contributed by atoms with Gasteiger partial charge >= 0.3 is 0 Å². The molecule has 1 aliphatic heterocycles. The van der Waals surface area contributed by atoms with Crippen LogP contribution >= 0.6 is 0 Å². The summed E-state index contributed by atoms with van der Waals surface area (Å²) in [5.41, 5.74) is 1.41. The number of benzene rings is 5. The molecule has 1 amide bonds. The average molecular weight is 815 g/mol. The Morgan fingerprint density at radius 2 is 1.41 bits per heavy atom. The summed E-state index contributed by atoms with van der Waals surface area (Å²) in [6.07, 6.45) is 0.433. The number of H-pyrrole nitrogens is 1. The lowest BCUT2D eigenvalue weighted by molar-refractivity contribution is -0.121. The molecule has 0 saturated carbocycles. The van der Waals surface area contributed by atoms with Gasteiger partial charge in [0.25, 0.3) is 14.2 Å². The number of amides is 1. The monoisotopic (exact) mass is 814 g/mol. The van der Waals surface area contributed by atoms with Crippen LogP contribution in [-0.2, 0) is 15.6 Å². The summed E-state index contributed by atoms with van der Waals surface area (Å²) in [7, 11) is 1.61. The van der Waals surface area contributed by atoms with Crippen LogP contribution in [0.3, 0.4) is 0 Å². The van der Waals surface area contributed by atoms with Gasteiger partial charge in [0.15, 0.2) is 11.5 Å². The summed E-state index contributed by atoms with van der Waals surface area (Å²) < 4.78 is 31.3. The molecule has 2 N–H and O–H groups in total. The largest absolute Gasteiger partial charge is 0.493 e. The van der Waals surface area contributed by atoms with E-state index >= 15 is 4.79 Å². The average Bonchev–Trinajstić information content (AvgIpc) is 3.65. The van der Waals surface area contributed by atoms with Crippen LogP contribution < -0.4 is 34.2 Å². The second kappa shape index (κ2) is 16.6. The van der Waals surface area contributed by atoms with Crippen molar-refractivity contribution in [1.82, 2.24) is 4.98 Å². The molecule has 1 aromatic heterocycles. The first kappa shape index (κ1) is 41.5. The molecule has 0 spiro atoms. The summed E-state index contributed by atoms with van der Waals surface area (Å²) in [6.45, 7) is 10.3. The van der Waals surface area contributed by atoms with Gasteiger partial charge in [0.05, 0.1) is 57.4 Å². The molecule has 7 rings (SSSR count). The summed E-state index contributed by atoms with van der Waals surface area (Å²) in [5, 5.41) is 15.5. The van der Waals surface area contributed by atoms with Crippen molar-refractivity contribution in [3.63, 3.8) is 0 Å². The molecule has 6 aromatic rings. The van der Waals surface area contributed by atoms with Gasteiger partial charge in [-0.2, -0.15) is 0 Å². The number of ether oxygens (including phenoxy) is 4. The highest BCUT2D eigenvalue weighted by Gasteiger charge is 2.52. The lowest BCUT2D eigenvalue weighted by Gasteiger charge is -2.47. The molecule has 0 fully saturated rings. The van der Waals surface area contributed by atoms with Gasteiger partial charge in [0, 0.05) is 36.1 Å². The Balaban J connectivity index is 1.39. The highest BCUT2D eigenvalue weighted by Crippen LogP contribution is 2.46. The molecule has 0 radical (unpaired) electrons. The highest BCUT2D eigenvalue weighted by molar-refractivity contribution is 6.99. The number of methoxy groups -OCH3 is 3. The second-order valence-electron chi connectivity index (χ2n) is 16.7. The number of aromatic nitrogens is 1. The predicted molar refractivity (Wildman–Crippen MR) is 236 cm³/mol. The summed E-state index contributed by atoms with van der Waals surface area (Å²) in [4.78, 5) is 32.2. The van der Waals surface area contributed by atoms with Gasteiger partial charge in [-0.3, -0.25) is 9.59 Å². The van der Waals surface area contributed by atoms with E-state index in [0.29, 0.717) is 46.3 Å². The number of carbonyl (C=O) groups is 2. The van der Waals surface area contributed by atoms with E-state index in [1.54, 1.807) is 33.2 Å². The fraction of sp³-hybridized carbons (Fsp3) is 0.333. The van der Waals surface area contributed by atoms with E-state index in [1.807, 2.05) is 48.5 Å². The van der Waals surface area contributed by atoms with Crippen LogP contribution in [0.1, 0.15) is 63.5 Å². The standard InChI is InChI=1S/C48H54N2O8Si/c1-31(51)29-48(5,53)23-24-57-41-28-40-38(36-21-15-16-22-37(36)41)27-33(58-59(47(2,3)4,34-17-11-9-12-18-34)35-19-13-10-14-20-35)30-50(40)46(52)39-25-32-26-42(54-6)44(55-7)45(56-8)43(32)49-39/h9-22,25-26,28,33,49,53H,23-24,27,29-30H2,1-8H3. The van der Waals surface area contributed by atoms with E-state index < -0.39 is 20.0 Å². The second-order valence-corrected chi connectivity index (χ2v) is 21.0.